The number of fused-ring (bicyclic) bond motifs is 1. The van der Waals surface area contributed by atoms with Gasteiger partial charge in [0.15, 0.2) is 0 Å². The Morgan fingerprint density at radius 1 is 1.14 bits per heavy atom. The van der Waals surface area contributed by atoms with Crippen molar-refractivity contribution >= 4 is 10.8 Å². The van der Waals surface area contributed by atoms with Crippen molar-refractivity contribution in [2.24, 2.45) is 5.92 Å². The van der Waals surface area contributed by atoms with Gasteiger partial charge in [-0.15, -0.1) is 0 Å². The molecule has 2 nitrogen and oxygen atoms in total. The topological polar surface area (TPSA) is 23.5 Å². The molecule has 1 N–H and O–H groups in total. The zero-order valence-corrected chi connectivity index (χ0v) is 13.0. The van der Waals surface area contributed by atoms with Gasteiger partial charge in [0, 0.05) is 18.2 Å². The minimum atomic E-state index is 0.421. The maximum atomic E-state index is 10.3. The van der Waals surface area contributed by atoms with Gasteiger partial charge in [0.25, 0.3) is 0 Å². The standard InChI is InChI=1S/C19H25NO/c1-14-6-5-8-16(12-14)20(2)13-18-17-9-4-3-7-15(17)10-11-19(18)21/h3-4,7,9-11,14,16,21H,5-6,8,12-13H2,1-2H3. The van der Waals surface area contributed by atoms with Gasteiger partial charge in [-0.05, 0) is 42.6 Å². The highest BCUT2D eigenvalue weighted by molar-refractivity contribution is 5.87. The van der Waals surface area contributed by atoms with E-state index in [4.69, 9.17) is 0 Å². The summed E-state index contributed by atoms with van der Waals surface area (Å²) in [6.07, 6.45) is 5.26. The lowest BCUT2D eigenvalue weighted by Gasteiger charge is -2.34. The minimum absolute atomic E-state index is 0.421. The molecule has 0 aromatic heterocycles. The number of rotatable bonds is 3. The molecule has 0 bridgehead atoms. The van der Waals surface area contributed by atoms with E-state index in [0.29, 0.717) is 11.8 Å². The third kappa shape index (κ3) is 3.06. The monoisotopic (exact) mass is 283 g/mol. The number of nitrogens with zero attached hydrogens (tertiary/aromatic N) is 1. The summed E-state index contributed by atoms with van der Waals surface area (Å²) in [6.45, 7) is 3.18. The fraction of sp³-hybridized carbons (Fsp3) is 0.474. The van der Waals surface area contributed by atoms with Crippen molar-refractivity contribution < 1.29 is 5.11 Å². The van der Waals surface area contributed by atoms with Crippen LogP contribution < -0.4 is 0 Å². The van der Waals surface area contributed by atoms with Gasteiger partial charge in [-0.25, -0.2) is 0 Å². The first-order chi connectivity index (χ1) is 10.1. The Bertz CT molecular complexity index is 622. The van der Waals surface area contributed by atoms with Crippen LogP contribution in [0.5, 0.6) is 5.75 Å². The molecule has 2 unspecified atom stereocenters. The molecule has 0 spiro atoms. The van der Waals surface area contributed by atoms with E-state index >= 15 is 0 Å². The second-order valence-electron chi connectivity index (χ2n) is 6.63. The van der Waals surface area contributed by atoms with Crippen LogP contribution in [0.25, 0.3) is 10.8 Å². The summed E-state index contributed by atoms with van der Waals surface area (Å²) in [4.78, 5) is 2.43. The average molecular weight is 283 g/mol. The Labute approximate surface area is 127 Å². The van der Waals surface area contributed by atoms with E-state index in [1.54, 1.807) is 0 Å². The summed E-state index contributed by atoms with van der Waals surface area (Å²) in [5, 5.41) is 12.7. The molecule has 112 valence electrons. The lowest BCUT2D eigenvalue weighted by atomic mass is 9.86. The van der Waals surface area contributed by atoms with Gasteiger partial charge in [-0.3, -0.25) is 4.90 Å². The van der Waals surface area contributed by atoms with Crippen LogP contribution in [0.1, 0.15) is 38.2 Å². The molecule has 0 radical (unpaired) electrons. The number of hydrogen-bond donors (Lipinski definition) is 1. The van der Waals surface area contributed by atoms with Crippen LogP contribution in [0.2, 0.25) is 0 Å². The second-order valence-corrected chi connectivity index (χ2v) is 6.63. The van der Waals surface area contributed by atoms with Crippen LogP contribution in [-0.4, -0.2) is 23.1 Å². The fourth-order valence-electron chi connectivity index (χ4n) is 3.67. The quantitative estimate of drug-likeness (QED) is 0.893. The lowest BCUT2D eigenvalue weighted by molar-refractivity contribution is 0.157. The second kappa shape index (κ2) is 6.07. The molecule has 3 rings (SSSR count). The van der Waals surface area contributed by atoms with Crippen molar-refractivity contribution in [3.8, 4) is 5.75 Å². The van der Waals surface area contributed by atoms with E-state index in [1.807, 2.05) is 18.2 Å². The maximum absolute atomic E-state index is 10.3. The Hall–Kier alpha value is -1.54. The van der Waals surface area contributed by atoms with Crippen LogP contribution in [0.3, 0.4) is 0 Å². The van der Waals surface area contributed by atoms with Gasteiger partial charge in [0.1, 0.15) is 5.75 Å². The molecule has 0 heterocycles. The molecular formula is C19H25NO. The first kappa shape index (κ1) is 14.4. The van der Waals surface area contributed by atoms with Gasteiger partial charge in [0.05, 0.1) is 0 Å². The third-order valence-electron chi connectivity index (χ3n) is 4.96. The van der Waals surface area contributed by atoms with E-state index in [-0.39, 0.29) is 0 Å². The van der Waals surface area contributed by atoms with E-state index in [0.717, 1.165) is 18.0 Å². The van der Waals surface area contributed by atoms with Gasteiger partial charge >= 0.3 is 0 Å². The van der Waals surface area contributed by atoms with Crippen molar-refractivity contribution in [1.82, 2.24) is 4.90 Å². The summed E-state index contributed by atoms with van der Waals surface area (Å²) >= 11 is 0. The van der Waals surface area contributed by atoms with E-state index < -0.39 is 0 Å². The number of hydrogen-bond acceptors (Lipinski definition) is 2. The Morgan fingerprint density at radius 3 is 2.76 bits per heavy atom. The van der Waals surface area contributed by atoms with Crippen LogP contribution in [0.4, 0.5) is 0 Å². The normalized spacial score (nSPS) is 22.8. The number of phenols is 1. The van der Waals surface area contributed by atoms with Gasteiger partial charge < -0.3 is 5.11 Å². The highest BCUT2D eigenvalue weighted by Gasteiger charge is 2.23. The van der Waals surface area contributed by atoms with Crippen LogP contribution in [0, 0.1) is 5.92 Å². The predicted octanol–water partition coefficient (Wildman–Crippen LogP) is 4.56. The molecule has 1 aliphatic carbocycles. The molecule has 1 saturated carbocycles. The maximum Gasteiger partial charge on any atom is 0.120 e. The van der Waals surface area contributed by atoms with E-state index in [1.165, 1.54) is 36.5 Å². The molecule has 2 heteroatoms. The SMILES string of the molecule is CC1CCCC(N(C)Cc2c(O)ccc3ccccc23)C1. The Kier molecular flexibility index (Phi) is 4.16. The molecular weight excluding hydrogens is 258 g/mol. The van der Waals surface area contributed by atoms with Crippen molar-refractivity contribution in [2.75, 3.05) is 7.05 Å². The largest absolute Gasteiger partial charge is 0.508 e. The smallest absolute Gasteiger partial charge is 0.120 e. The summed E-state index contributed by atoms with van der Waals surface area (Å²) in [7, 11) is 2.20. The first-order valence-corrected chi connectivity index (χ1v) is 8.05. The van der Waals surface area contributed by atoms with Crippen molar-refractivity contribution in [2.45, 2.75) is 45.2 Å². The Morgan fingerprint density at radius 2 is 1.95 bits per heavy atom. The molecule has 1 aliphatic rings. The fourth-order valence-corrected chi connectivity index (χ4v) is 3.67. The first-order valence-electron chi connectivity index (χ1n) is 8.05. The summed E-state index contributed by atoms with van der Waals surface area (Å²) in [5.74, 6) is 1.25. The minimum Gasteiger partial charge on any atom is -0.508 e. The number of aromatic hydroxyl groups is 1. The third-order valence-corrected chi connectivity index (χ3v) is 4.96. The van der Waals surface area contributed by atoms with Crippen molar-refractivity contribution in [3.05, 3.63) is 42.0 Å². The van der Waals surface area contributed by atoms with Crippen molar-refractivity contribution in [1.29, 1.82) is 0 Å². The molecule has 21 heavy (non-hydrogen) atoms. The molecule has 2 atom stereocenters. The van der Waals surface area contributed by atoms with Gasteiger partial charge in [-0.1, -0.05) is 50.1 Å². The highest BCUT2D eigenvalue weighted by Crippen LogP contribution is 2.31. The van der Waals surface area contributed by atoms with Gasteiger partial charge in [-0.2, -0.15) is 0 Å². The molecule has 0 saturated heterocycles. The molecule has 2 aromatic rings. The number of phenolic OH excluding ortho intramolecular Hbond substituents is 1. The Balaban J connectivity index is 1.85. The lowest BCUT2D eigenvalue weighted by Crippen LogP contribution is -2.35. The summed E-state index contributed by atoms with van der Waals surface area (Å²) in [6, 6.07) is 12.8. The molecule has 0 aliphatic heterocycles. The summed E-state index contributed by atoms with van der Waals surface area (Å²) < 4.78 is 0. The van der Waals surface area contributed by atoms with Crippen LogP contribution >= 0.6 is 0 Å². The molecule has 2 aromatic carbocycles. The zero-order valence-electron chi connectivity index (χ0n) is 13.0. The van der Waals surface area contributed by atoms with E-state index in [2.05, 4.69) is 37.1 Å². The zero-order chi connectivity index (χ0) is 14.8. The molecule has 0 amide bonds. The number of benzene rings is 2. The summed E-state index contributed by atoms with van der Waals surface area (Å²) in [5.41, 5.74) is 1.06. The molecule has 1 fully saturated rings. The van der Waals surface area contributed by atoms with Crippen LogP contribution in [0.15, 0.2) is 36.4 Å². The van der Waals surface area contributed by atoms with E-state index in [9.17, 15) is 5.11 Å². The van der Waals surface area contributed by atoms with Gasteiger partial charge in [0.2, 0.25) is 0 Å². The average Bonchev–Trinajstić information content (AvgIpc) is 2.50. The van der Waals surface area contributed by atoms with Crippen LogP contribution in [-0.2, 0) is 6.54 Å². The highest BCUT2D eigenvalue weighted by atomic mass is 16.3. The van der Waals surface area contributed by atoms with Crippen molar-refractivity contribution in [3.63, 3.8) is 0 Å². The predicted molar refractivity (Wildman–Crippen MR) is 88.5 cm³/mol.